The first-order valence-electron chi connectivity index (χ1n) is 14.2. The van der Waals surface area contributed by atoms with E-state index in [1.807, 2.05) is 0 Å². The van der Waals surface area contributed by atoms with E-state index in [0.29, 0.717) is 38.2 Å². The number of amidine groups is 1. The average Bonchev–Trinajstić information content (AvgIpc) is 3.81. The molecule has 0 saturated carbocycles. The van der Waals surface area contributed by atoms with Crippen molar-refractivity contribution in [2.75, 3.05) is 24.2 Å². The summed E-state index contributed by atoms with van der Waals surface area (Å²) >= 11 is 7.80. The van der Waals surface area contributed by atoms with Crippen molar-refractivity contribution in [3.05, 3.63) is 99.2 Å². The largest absolute Gasteiger partial charge is 0.449 e. The maximum absolute atomic E-state index is 14.0. The molecule has 0 unspecified atom stereocenters. The van der Waals surface area contributed by atoms with Gasteiger partial charge in [0.25, 0.3) is 0 Å². The van der Waals surface area contributed by atoms with Crippen molar-refractivity contribution in [1.82, 2.24) is 29.4 Å². The SMILES string of the molecule is O=C(Nc1ccccn1)OCCCS(=O)(=O)N[C@H]1CC2=C(c3ccn(C(F)F)n3)[C@H](c3ccc(F)cc3Cl)N=C(c3nccs3)N2C1. The first-order chi connectivity index (χ1) is 22.6. The van der Waals surface area contributed by atoms with Crippen LogP contribution in [0.4, 0.5) is 23.8 Å². The molecule has 1 aromatic carbocycles. The second kappa shape index (κ2) is 13.8. The Morgan fingerprint density at radius 2 is 2.02 bits per heavy atom. The number of fused-ring (bicyclic) bond motifs is 1. The highest BCUT2D eigenvalue weighted by atomic mass is 35.5. The number of hydrogen-bond donors (Lipinski definition) is 2. The summed E-state index contributed by atoms with van der Waals surface area (Å²) in [5, 5.41) is 8.91. The van der Waals surface area contributed by atoms with Crippen LogP contribution in [0.15, 0.2) is 77.1 Å². The normalized spacial score (nSPS) is 18.0. The Labute approximate surface area is 276 Å². The lowest BCUT2D eigenvalue weighted by Gasteiger charge is -2.32. The first-order valence-corrected chi connectivity index (χ1v) is 17.1. The zero-order valence-electron chi connectivity index (χ0n) is 24.3. The molecule has 1 saturated heterocycles. The molecular weight excluding hydrogens is 681 g/mol. The van der Waals surface area contributed by atoms with Crippen molar-refractivity contribution in [3.63, 3.8) is 0 Å². The van der Waals surface area contributed by atoms with Crippen molar-refractivity contribution in [2.45, 2.75) is 31.5 Å². The van der Waals surface area contributed by atoms with E-state index < -0.39 is 40.6 Å². The molecule has 2 atom stereocenters. The summed E-state index contributed by atoms with van der Waals surface area (Å²) in [6.45, 7) is -2.90. The number of sulfonamides is 1. The molecule has 0 radical (unpaired) electrons. The quantitative estimate of drug-likeness (QED) is 0.196. The fraction of sp³-hybridized carbons (Fsp3) is 0.276. The number of hydrogen-bond acceptors (Lipinski definition) is 10. The topological polar surface area (TPSA) is 144 Å². The van der Waals surface area contributed by atoms with E-state index in [2.05, 4.69) is 25.1 Å². The first kappa shape index (κ1) is 32.6. The summed E-state index contributed by atoms with van der Waals surface area (Å²) in [5.74, 6) is -0.173. The Hall–Kier alpha value is -4.32. The van der Waals surface area contributed by atoms with Gasteiger partial charge in [-0.1, -0.05) is 23.7 Å². The van der Waals surface area contributed by atoms with Crippen molar-refractivity contribution < 1.29 is 31.1 Å². The number of pyridine rings is 1. The minimum atomic E-state index is -3.86. The number of aliphatic imine (C=N–C) groups is 1. The highest BCUT2D eigenvalue weighted by Gasteiger charge is 2.42. The van der Waals surface area contributed by atoms with Crippen LogP contribution in [0, 0.1) is 5.82 Å². The van der Waals surface area contributed by atoms with Crippen LogP contribution in [0.2, 0.25) is 5.02 Å². The van der Waals surface area contributed by atoms with Crippen molar-refractivity contribution in [2.24, 2.45) is 4.99 Å². The molecule has 0 spiro atoms. The third-order valence-corrected chi connectivity index (χ3v) is 9.87. The number of aromatic nitrogens is 4. The van der Waals surface area contributed by atoms with E-state index in [1.165, 1.54) is 35.7 Å². The third-order valence-electron chi connectivity index (χ3n) is 7.26. The number of benzene rings is 1. The van der Waals surface area contributed by atoms with Gasteiger partial charge in [-0.2, -0.15) is 13.9 Å². The van der Waals surface area contributed by atoms with Crippen LogP contribution in [0.3, 0.4) is 0 Å². The molecule has 5 heterocycles. The van der Waals surface area contributed by atoms with Crippen molar-refractivity contribution in [3.8, 4) is 0 Å². The summed E-state index contributed by atoms with van der Waals surface area (Å²) in [5.41, 5.74) is 1.60. The van der Waals surface area contributed by atoms with Crippen LogP contribution in [-0.4, -0.2) is 69.9 Å². The fourth-order valence-corrected chi connectivity index (χ4v) is 7.53. The highest BCUT2D eigenvalue weighted by Crippen LogP contribution is 2.46. The molecule has 0 bridgehead atoms. The predicted octanol–water partition coefficient (Wildman–Crippen LogP) is 5.47. The molecule has 6 rings (SSSR count). The molecule has 4 aromatic rings. The van der Waals surface area contributed by atoms with Gasteiger partial charge in [0.1, 0.15) is 17.7 Å². The van der Waals surface area contributed by atoms with Crippen LogP contribution in [-0.2, 0) is 14.8 Å². The van der Waals surface area contributed by atoms with E-state index in [4.69, 9.17) is 21.3 Å². The Morgan fingerprint density at radius 1 is 1.17 bits per heavy atom. The van der Waals surface area contributed by atoms with E-state index >= 15 is 0 Å². The molecule has 47 heavy (non-hydrogen) atoms. The van der Waals surface area contributed by atoms with Gasteiger partial charge in [0.05, 0.1) is 18.1 Å². The Bertz CT molecular complexity index is 1920. The van der Waals surface area contributed by atoms with Crippen LogP contribution < -0.4 is 10.0 Å². The number of halogens is 4. The standard InChI is InChI=1S/C29H26ClF3N8O4S2/c30-20-14-17(31)5-6-19(20)25-24(21-7-10-41(38-21)28(32)33)22-15-18(16-40(22)26(37-25)27-35-9-12-46-27)39-47(43,44)13-3-11-45-29(42)36-23-4-1-2-8-34-23/h1-2,4-10,12,14,18,25,28,39H,3,11,13,15-16H2,(H,34,36,42)/t18-,25-/m0/s1. The van der Waals surface area contributed by atoms with Crippen molar-refractivity contribution >= 4 is 56.3 Å². The number of alkyl halides is 2. The molecule has 2 aliphatic heterocycles. The summed E-state index contributed by atoms with van der Waals surface area (Å²) in [6, 6.07) is 8.68. The van der Waals surface area contributed by atoms with Gasteiger partial charge < -0.3 is 9.64 Å². The van der Waals surface area contributed by atoms with Gasteiger partial charge in [-0.15, -0.1) is 11.3 Å². The average molecular weight is 707 g/mol. The molecular formula is C29H26ClF3N8O4S2. The maximum atomic E-state index is 14.0. The van der Waals surface area contributed by atoms with Gasteiger partial charge in [-0.05, 0) is 36.8 Å². The lowest BCUT2D eigenvalue weighted by Crippen LogP contribution is -2.40. The number of nitrogens with one attached hydrogen (secondary N) is 2. The van der Waals surface area contributed by atoms with E-state index in [-0.39, 0.29) is 42.5 Å². The molecule has 18 heteroatoms. The second-order valence-electron chi connectivity index (χ2n) is 10.5. The van der Waals surface area contributed by atoms with Gasteiger partial charge in [-0.3, -0.25) is 10.3 Å². The number of thiazole rings is 1. The summed E-state index contributed by atoms with van der Waals surface area (Å²) in [4.78, 5) is 27.1. The van der Waals surface area contributed by atoms with Crippen LogP contribution in [0.1, 0.15) is 41.7 Å². The number of carbonyl (C=O) groups is 1. The van der Waals surface area contributed by atoms with E-state index in [0.717, 1.165) is 12.3 Å². The zero-order valence-corrected chi connectivity index (χ0v) is 26.7. The summed E-state index contributed by atoms with van der Waals surface area (Å²) in [7, 11) is -3.86. The summed E-state index contributed by atoms with van der Waals surface area (Å²) < 4.78 is 75.7. The Balaban J connectivity index is 1.25. The van der Waals surface area contributed by atoms with Crippen molar-refractivity contribution in [1.29, 1.82) is 0 Å². The second-order valence-corrected chi connectivity index (χ2v) is 13.6. The fourth-order valence-electron chi connectivity index (χ4n) is 5.34. The minimum absolute atomic E-state index is 0.0252. The Kier molecular flexibility index (Phi) is 9.58. The maximum Gasteiger partial charge on any atom is 0.412 e. The predicted molar refractivity (Wildman–Crippen MR) is 169 cm³/mol. The molecule has 2 N–H and O–H groups in total. The Morgan fingerprint density at radius 3 is 2.72 bits per heavy atom. The number of anilines is 1. The van der Waals surface area contributed by atoms with E-state index in [9.17, 15) is 26.4 Å². The molecule has 3 aromatic heterocycles. The van der Waals surface area contributed by atoms with Crippen LogP contribution in [0.25, 0.3) is 5.57 Å². The van der Waals surface area contributed by atoms with Gasteiger partial charge in [0, 0.05) is 64.8 Å². The molecule has 12 nitrogen and oxygen atoms in total. The van der Waals surface area contributed by atoms with Gasteiger partial charge in [0.15, 0.2) is 10.8 Å². The number of carbonyl (C=O) groups excluding carboxylic acids is 1. The smallest absolute Gasteiger partial charge is 0.412 e. The molecule has 2 aliphatic rings. The van der Waals surface area contributed by atoms with Gasteiger partial charge >= 0.3 is 12.6 Å². The monoisotopic (exact) mass is 706 g/mol. The van der Waals surface area contributed by atoms with Crippen LogP contribution in [0.5, 0.6) is 0 Å². The lowest BCUT2D eigenvalue weighted by molar-refractivity contribution is 0.0564. The summed E-state index contributed by atoms with van der Waals surface area (Å²) in [6.07, 6.45) is 3.65. The number of ether oxygens (including phenoxy) is 1. The highest BCUT2D eigenvalue weighted by molar-refractivity contribution is 7.89. The zero-order chi connectivity index (χ0) is 33.1. The molecule has 1 amide bonds. The number of nitrogens with zero attached hydrogens (tertiary/aromatic N) is 6. The van der Waals surface area contributed by atoms with Crippen LogP contribution >= 0.6 is 22.9 Å². The van der Waals surface area contributed by atoms with E-state index in [1.54, 1.807) is 34.7 Å². The molecule has 1 fully saturated rings. The number of rotatable bonds is 11. The lowest BCUT2D eigenvalue weighted by atomic mass is 9.92. The number of amides is 1. The van der Waals surface area contributed by atoms with Gasteiger partial charge in [-0.25, -0.2) is 37.0 Å². The minimum Gasteiger partial charge on any atom is -0.449 e. The molecule has 0 aliphatic carbocycles. The van der Waals surface area contributed by atoms with Gasteiger partial charge in [0.2, 0.25) is 10.0 Å². The molecule has 246 valence electrons. The third kappa shape index (κ3) is 7.48.